The molecule has 0 spiro atoms. The van der Waals surface area contributed by atoms with Gasteiger partial charge in [0.05, 0.1) is 25.4 Å². The molecular weight excluding hydrogens is 244 g/mol. The van der Waals surface area contributed by atoms with E-state index < -0.39 is 6.10 Å². The molecule has 0 fully saturated rings. The van der Waals surface area contributed by atoms with E-state index in [0.29, 0.717) is 25.8 Å². The summed E-state index contributed by atoms with van der Waals surface area (Å²) >= 11 is 0. The number of nitrogens with zero attached hydrogens (tertiary/aromatic N) is 1. The van der Waals surface area contributed by atoms with Crippen LogP contribution >= 0.6 is 0 Å². The normalized spacial score (nSPS) is 15.2. The van der Waals surface area contributed by atoms with Gasteiger partial charge in [-0.25, -0.2) is 0 Å². The maximum absolute atomic E-state index is 9.72. The summed E-state index contributed by atoms with van der Waals surface area (Å²) in [6.07, 6.45) is 0.656. The first kappa shape index (κ1) is 18.8. The molecule has 0 aliphatic rings. The summed E-state index contributed by atoms with van der Waals surface area (Å²) in [5.74, 6) is 0. The Balaban J connectivity index is 3.41. The van der Waals surface area contributed by atoms with Gasteiger partial charge in [-0.3, -0.25) is 0 Å². The van der Waals surface area contributed by atoms with E-state index in [2.05, 4.69) is 31.1 Å². The molecule has 0 aliphatic heterocycles. The molecule has 0 aliphatic carbocycles. The maximum atomic E-state index is 9.72. The summed E-state index contributed by atoms with van der Waals surface area (Å²) in [7, 11) is 3.77. The lowest BCUT2D eigenvalue weighted by Crippen LogP contribution is -2.34. The summed E-state index contributed by atoms with van der Waals surface area (Å²) in [4.78, 5) is 2.31. The Bertz CT molecular complexity index is 203. The van der Waals surface area contributed by atoms with Crippen molar-refractivity contribution in [2.75, 3.05) is 47.0 Å². The SMILES string of the molecule is COCC(C)OCC(O)CNCCCN(C)C(C)C. The fourth-order valence-electron chi connectivity index (χ4n) is 1.60. The summed E-state index contributed by atoms with van der Waals surface area (Å²) in [6.45, 7) is 9.79. The van der Waals surface area contributed by atoms with Gasteiger partial charge in [0.1, 0.15) is 0 Å². The van der Waals surface area contributed by atoms with Gasteiger partial charge in [0.25, 0.3) is 0 Å². The van der Waals surface area contributed by atoms with Gasteiger partial charge >= 0.3 is 0 Å². The molecule has 0 aromatic rings. The molecule has 0 heterocycles. The Kier molecular flexibility index (Phi) is 11.5. The number of methoxy groups -OCH3 is 1. The molecule has 0 aromatic heterocycles. The topological polar surface area (TPSA) is 54.0 Å². The lowest BCUT2D eigenvalue weighted by Gasteiger charge is -2.21. The Hall–Kier alpha value is -0.200. The standard InChI is InChI=1S/C14H32N2O3/c1-12(2)16(4)8-6-7-15-9-14(17)11-19-13(3)10-18-5/h12-15,17H,6-11H2,1-5H3. The van der Waals surface area contributed by atoms with Crippen molar-refractivity contribution in [2.45, 2.75) is 45.4 Å². The quantitative estimate of drug-likeness (QED) is 0.514. The van der Waals surface area contributed by atoms with Crippen LogP contribution < -0.4 is 5.32 Å². The Labute approximate surface area is 118 Å². The van der Waals surface area contributed by atoms with Crippen molar-refractivity contribution in [3.63, 3.8) is 0 Å². The predicted octanol–water partition coefficient (Wildman–Crippen LogP) is 0.719. The molecule has 5 nitrogen and oxygen atoms in total. The minimum atomic E-state index is -0.456. The molecule has 2 atom stereocenters. The van der Waals surface area contributed by atoms with Gasteiger partial charge in [-0.1, -0.05) is 0 Å². The molecule has 0 radical (unpaired) electrons. The van der Waals surface area contributed by atoms with Gasteiger partial charge in [-0.15, -0.1) is 0 Å². The first-order chi connectivity index (χ1) is 8.97. The smallest absolute Gasteiger partial charge is 0.0897 e. The fraction of sp³-hybridized carbons (Fsp3) is 1.00. The molecular formula is C14H32N2O3. The molecule has 0 saturated heterocycles. The highest BCUT2D eigenvalue weighted by Gasteiger charge is 2.08. The second-order valence-electron chi connectivity index (χ2n) is 5.39. The number of hydrogen-bond donors (Lipinski definition) is 2. The van der Waals surface area contributed by atoms with E-state index in [4.69, 9.17) is 9.47 Å². The van der Waals surface area contributed by atoms with E-state index >= 15 is 0 Å². The molecule has 116 valence electrons. The molecule has 2 N–H and O–H groups in total. The van der Waals surface area contributed by atoms with Crippen molar-refractivity contribution in [2.24, 2.45) is 0 Å². The Morgan fingerprint density at radius 2 is 1.89 bits per heavy atom. The highest BCUT2D eigenvalue weighted by atomic mass is 16.5. The van der Waals surface area contributed by atoms with Gasteiger partial charge in [0.15, 0.2) is 0 Å². The number of aliphatic hydroxyl groups is 1. The number of nitrogens with one attached hydrogen (secondary N) is 1. The largest absolute Gasteiger partial charge is 0.389 e. The summed E-state index contributed by atoms with van der Waals surface area (Å²) in [5, 5.41) is 13.0. The van der Waals surface area contributed by atoms with Crippen LogP contribution in [0.4, 0.5) is 0 Å². The van der Waals surface area contributed by atoms with E-state index in [1.165, 1.54) is 0 Å². The third-order valence-electron chi connectivity index (χ3n) is 3.10. The second-order valence-corrected chi connectivity index (χ2v) is 5.39. The van der Waals surface area contributed by atoms with Crippen LogP contribution in [0.25, 0.3) is 0 Å². The van der Waals surface area contributed by atoms with Crippen molar-refractivity contribution >= 4 is 0 Å². The van der Waals surface area contributed by atoms with Crippen LogP contribution in [-0.4, -0.2) is 75.3 Å². The number of rotatable bonds is 12. The zero-order chi connectivity index (χ0) is 14.7. The van der Waals surface area contributed by atoms with Crippen LogP contribution in [-0.2, 0) is 9.47 Å². The fourth-order valence-corrected chi connectivity index (χ4v) is 1.60. The first-order valence-corrected chi connectivity index (χ1v) is 7.17. The minimum absolute atomic E-state index is 0.0272. The molecule has 5 heteroatoms. The Morgan fingerprint density at radius 3 is 2.47 bits per heavy atom. The van der Waals surface area contributed by atoms with Crippen LogP contribution in [0, 0.1) is 0 Å². The molecule has 0 bridgehead atoms. The van der Waals surface area contributed by atoms with Crippen LogP contribution in [0.15, 0.2) is 0 Å². The molecule has 0 rings (SSSR count). The van der Waals surface area contributed by atoms with Crippen molar-refractivity contribution in [1.29, 1.82) is 0 Å². The van der Waals surface area contributed by atoms with Crippen molar-refractivity contribution in [1.82, 2.24) is 10.2 Å². The lowest BCUT2D eigenvalue weighted by molar-refractivity contribution is -0.0310. The van der Waals surface area contributed by atoms with Gasteiger partial charge < -0.3 is 24.8 Å². The van der Waals surface area contributed by atoms with Crippen molar-refractivity contribution in [3.05, 3.63) is 0 Å². The first-order valence-electron chi connectivity index (χ1n) is 7.17. The summed E-state index contributed by atoms with van der Waals surface area (Å²) < 4.78 is 10.4. The molecule has 19 heavy (non-hydrogen) atoms. The van der Waals surface area contributed by atoms with Crippen molar-refractivity contribution < 1.29 is 14.6 Å². The van der Waals surface area contributed by atoms with E-state index in [0.717, 1.165) is 19.5 Å². The van der Waals surface area contributed by atoms with Gasteiger partial charge in [0, 0.05) is 19.7 Å². The van der Waals surface area contributed by atoms with E-state index in [1.807, 2.05) is 6.92 Å². The van der Waals surface area contributed by atoms with Crippen LogP contribution in [0.2, 0.25) is 0 Å². The molecule has 0 aromatic carbocycles. The second kappa shape index (κ2) is 11.6. The average molecular weight is 276 g/mol. The third-order valence-corrected chi connectivity index (χ3v) is 3.10. The van der Waals surface area contributed by atoms with E-state index in [9.17, 15) is 5.11 Å². The minimum Gasteiger partial charge on any atom is -0.389 e. The number of hydrogen-bond acceptors (Lipinski definition) is 5. The lowest BCUT2D eigenvalue weighted by atomic mass is 10.3. The van der Waals surface area contributed by atoms with E-state index in [1.54, 1.807) is 7.11 Å². The average Bonchev–Trinajstić information content (AvgIpc) is 2.36. The van der Waals surface area contributed by atoms with Crippen molar-refractivity contribution in [3.8, 4) is 0 Å². The summed E-state index contributed by atoms with van der Waals surface area (Å²) in [5.41, 5.74) is 0. The predicted molar refractivity (Wildman–Crippen MR) is 78.5 cm³/mol. The number of aliphatic hydroxyl groups excluding tert-OH is 1. The highest BCUT2D eigenvalue weighted by Crippen LogP contribution is 1.95. The van der Waals surface area contributed by atoms with Crippen LogP contribution in [0.5, 0.6) is 0 Å². The summed E-state index contributed by atoms with van der Waals surface area (Å²) in [6, 6.07) is 0.585. The van der Waals surface area contributed by atoms with Crippen LogP contribution in [0.3, 0.4) is 0 Å². The zero-order valence-corrected chi connectivity index (χ0v) is 13.2. The molecule has 0 amide bonds. The Morgan fingerprint density at radius 1 is 1.21 bits per heavy atom. The zero-order valence-electron chi connectivity index (χ0n) is 13.2. The highest BCUT2D eigenvalue weighted by molar-refractivity contribution is 4.62. The maximum Gasteiger partial charge on any atom is 0.0897 e. The van der Waals surface area contributed by atoms with Gasteiger partial charge in [-0.05, 0) is 47.3 Å². The van der Waals surface area contributed by atoms with E-state index in [-0.39, 0.29) is 6.10 Å². The van der Waals surface area contributed by atoms with Crippen LogP contribution in [0.1, 0.15) is 27.2 Å². The van der Waals surface area contributed by atoms with Gasteiger partial charge in [-0.2, -0.15) is 0 Å². The molecule has 2 unspecified atom stereocenters. The monoisotopic (exact) mass is 276 g/mol. The third kappa shape index (κ3) is 11.3. The van der Waals surface area contributed by atoms with Gasteiger partial charge in [0.2, 0.25) is 0 Å². The number of ether oxygens (including phenoxy) is 2. The molecule has 0 saturated carbocycles.